The van der Waals surface area contributed by atoms with Crippen LogP contribution in [0.1, 0.15) is 6.92 Å². The van der Waals surface area contributed by atoms with Gasteiger partial charge in [-0.3, -0.25) is 4.79 Å². The highest BCUT2D eigenvalue weighted by atomic mass is 16.4. The van der Waals surface area contributed by atoms with Crippen LogP contribution in [0.5, 0.6) is 0 Å². The van der Waals surface area contributed by atoms with Crippen LogP contribution in [0.2, 0.25) is 0 Å². The van der Waals surface area contributed by atoms with Crippen LogP contribution in [-0.4, -0.2) is 22.8 Å². The summed E-state index contributed by atoms with van der Waals surface area (Å²) in [5.41, 5.74) is 0. The molecule has 2 N–H and O–H groups in total. The lowest BCUT2D eigenvalue weighted by molar-refractivity contribution is -0.142. The minimum absolute atomic E-state index is 0.282. The van der Waals surface area contributed by atoms with Gasteiger partial charge >= 0.3 is 5.97 Å². The zero-order chi connectivity index (χ0) is 5.86. The second kappa shape index (κ2) is 2.58. The fourth-order valence-corrected chi connectivity index (χ4v) is 0.0781. The maximum atomic E-state index is 9.77. The molecule has 0 fully saturated rings. The summed E-state index contributed by atoms with van der Waals surface area (Å²) in [7, 11) is 0. The Morgan fingerprint density at radius 3 is 2.29 bits per heavy atom. The summed E-state index contributed by atoms with van der Waals surface area (Å²) < 4.78 is 0. The molecule has 0 aliphatic heterocycles. The molecule has 1 atom stereocenters. The number of aliphatic hydroxyl groups excluding tert-OH is 1. The summed E-state index contributed by atoms with van der Waals surface area (Å²) in [5, 5.41) is 16.1. The van der Waals surface area contributed by atoms with E-state index in [1.165, 1.54) is 6.92 Å². The van der Waals surface area contributed by atoms with Gasteiger partial charge in [-0.1, -0.05) is 0 Å². The molecule has 7 heavy (non-hydrogen) atoms. The lowest BCUT2D eigenvalue weighted by Gasteiger charge is -1.95. The Labute approximate surface area is 41.6 Å². The first kappa shape index (κ1) is 6.43. The van der Waals surface area contributed by atoms with Crippen molar-refractivity contribution in [3.05, 3.63) is 0 Å². The first-order chi connectivity index (χ1) is 3.18. The van der Waals surface area contributed by atoms with E-state index < -0.39 is 11.9 Å². The predicted octanol–water partition coefficient (Wildman–Crippen LogP) is -0.301. The fraction of sp³-hybridized carbons (Fsp3) is 0.750. The van der Waals surface area contributed by atoms with Gasteiger partial charge in [0.15, 0.2) is 0 Å². The molecule has 3 heteroatoms. The van der Waals surface area contributed by atoms with Crippen LogP contribution in [0.15, 0.2) is 0 Å². The van der Waals surface area contributed by atoms with E-state index in [1.807, 2.05) is 0 Å². The SMILES string of the molecule is C[C@H](CO)C(=O)O. The Kier molecular flexibility index (Phi) is 2.37. The average Bonchev–Trinajstić information content (AvgIpc) is 1.65. The van der Waals surface area contributed by atoms with Gasteiger partial charge in [-0.25, -0.2) is 0 Å². The van der Waals surface area contributed by atoms with E-state index in [2.05, 4.69) is 0 Å². The van der Waals surface area contributed by atoms with Crippen LogP contribution in [-0.2, 0) is 4.79 Å². The van der Waals surface area contributed by atoms with Crippen molar-refractivity contribution in [3.8, 4) is 0 Å². The molecular weight excluding hydrogens is 96.0 g/mol. The van der Waals surface area contributed by atoms with E-state index in [-0.39, 0.29) is 6.61 Å². The molecule has 0 aliphatic rings. The molecule has 3 nitrogen and oxygen atoms in total. The molecule has 0 aromatic heterocycles. The Balaban J connectivity index is 3.34. The van der Waals surface area contributed by atoms with E-state index in [4.69, 9.17) is 10.2 Å². The minimum Gasteiger partial charge on any atom is -0.481 e. The highest BCUT2D eigenvalue weighted by molar-refractivity contribution is 5.69. The monoisotopic (exact) mass is 104 g/mol. The Bertz CT molecular complexity index is 69.3. The normalized spacial score (nSPS) is 13.4. The molecule has 0 bridgehead atoms. The van der Waals surface area contributed by atoms with Crippen LogP contribution >= 0.6 is 0 Å². The van der Waals surface area contributed by atoms with Crippen LogP contribution in [0.4, 0.5) is 0 Å². The topological polar surface area (TPSA) is 57.5 Å². The van der Waals surface area contributed by atoms with Gasteiger partial charge < -0.3 is 10.2 Å². The van der Waals surface area contributed by atoms with Crippen LogP contribution < -0.4 is 0 Å². The van der Waals surface area contributed by atoms with Crippen molar-refractivity contribution in [2.45, 2.75) is 6.92 Å². The molecule has 0 aromatic carbocycles. The van der Waals surface area contributed by atoms with Gasteiger partial charge in [-0.05, 0) is 6.92 Å². The number of carbonyl (C=O) groups is 1. The molecule has 0 rings (SSSR count). The predicted molar refractivity (Wildman–Crippen MR) is 23.9 cm³/mol. The van der Waals surface area contributed by atoms with Crippen molar-refractivity contribution in [1.29, 1.82) is 0 Å². The number of carboxylic acids is 1. The number of hydrogen-bond acceptors (Lipinski definition) is 2. The first-order valence-electron chi connectivity index (χ1n) is 2.02. The maximum Gasteiger partial charge on any atom is 0.308 e. The maximum absolute atomic E-state index is 9.77. The second-order valence-corrected chi connectivity index (χ2v) is 1.42. The standard InChI is InChI=1S/C4H8O3/c1-3(2-5)4(6)7/h3,5H,2H2,1H3,(H,6,7)/t3-/m1/s1. The van der Waals surface area contributed by atoms with Crippen molar-refractivity contribution in [1.82, 2.24) is 0 Å². The lowest BCUT2D eigenvalue weighted by Crippen LogP contribution is -2.12. The van der Waals surface area contributed by atoms with Crippen molar-refractivity contribution >= 4 is 5.97 Å². The molecule has 0 amide bonds. The van der Waals surface area contributed by atoms with Crippen LogP contribution in [0, 0.1) is 5.92 Å². The van der Waals surface area contributed by atoms with Crippen molar-refractivity contribution < 1.29 is 15.0 Å². The molecule has 0 saturated heterocycles. The molecule has 0 spiro atoms. The number of rotatable bonds is 2. The summed E-state index contributed by atoms with van der Waals surface area (Å²) in [6, 6.07) is 0. The zero-order valence-electron chi connectivity index (χ0n) is 4.09. The van der Waals surface area contributed by atoms with Gasteiger partial charge in [0, 0.05) is 0 Å². The molecule has 0 aromatic rings. The summed E-state index contributed by atoms with van der Waals surface area (Å²) in [6.07, 6.45) is 0. The molecule has 0 heterocycles. The third-order valence-corrected chi connectivity index (χ3v) is 0.695. The lowest BCUT2D eigenvalue weighted by atomic mass is 10.2. The quantitative estimate of drug-likeness (QED) is 0.505. The molecule has 0 saturated carbocycles. The number of hydrogen-bond donors (Lipinski definition) is 2. The second-order valence-electron chi connectivity index (χ2n) is 1.42. The Morgan fingerprint density at radius 1 is 1.86 bits per heavy atom. The third-order valence-electron chi connectivity index (χ3n) is 0.695. The molecule has 0 radical (unpaired) electrons. The molecule has 42 valence electrons. The smallest absolute Gasteiger partial charge is 0.308 e. The average molecular weight is 104 g/mol. The van der Waals surface area contributed by atoms with E-state index in [0.29, 0.717) is 0 Å². The van der Waals surface area contributed by atoms with E-state index in [9.17, 15) is 4.79 Å². The van der Waals surface area contributed by atoms with Crippen molar-refractivity contribution in [2.75, 3.05) is 6.61 Å². The van der Waals surface area contributed by atoms with Gasteiger partial charge in [-0.2, -0.15) is 0 Å². The zero-order valence-corrected chi connectivity index (χ0v) is 4.09. The minimum atomic E-state index is -0.956. The molecule has 0 unspecified atom stereocenters. The van der Waals surface area contributed by atoms with Crippen LogP contribution in [0.3, 0.4) is 0 Å². The summed E-state index contributed by atoms with van der Waals surface area (Å²) >= 11 is 0. The van der Waals surface area contributed by atoms with Gasteiger partial charge in [0.2, 0.25) is 0 Å². The van der Waals surface area contributed by atoms with Gasteiger partial charge in [0.05, 0.1) is 12.5 Å². The fourth-order valence-electron chi connectivity index (χ4n) is 0.0781. The van der Waals surface area contributed by atoms with Gasteiger partial charge in [-0.15, -0.1) is 0 Å². The summed E-state index contributed by atoms with van der Waals surface area (Å²) in [6.45, 7) is 1.16. The summed E-state index contributed by atoms with van der Waals surface area (Å²) in [4.78, 5) is 9.77. The van der Waals surface area contributed by atoms with Crippen LogP contribution in [0.25, 0.3) is 0 Å². The Hall–Kier alpha value is -0.570. The number of aliphatic carboxylic acids is 1. The molecular formula is C4H8O3. The highest BCUT2D eigenvalue weighted by Gasteiger charge is 2.06. The third kappa shape index (κ3) is 2.17. The van der Waals surface area contributed by atoms with E-state index in [0.717, 1.165) is 0 Å². The van der Waals surface area contributed by atoms with Gasteiger partial charge in [0.1, 0.15) is 0 Å². The highest BCUT2D eigenvalue weighted by Crippen LogP contribution is 1.88. The van der Waals surface area contributed by atoms with Gasteiger partial charge in [0.25, 0.3) is 0 Å². The molecule has 0 aliphatic carbocycles. The largest absolute Gasteiger partial charge is 0.481 e. The van der Waals surface area contributed by atoms with E-state index >= 15 is 0 Å². The van der Waals surface area contributed by atoms with Crippen molar-refractivity contribution in [3.63, 3.8) is 0 Å². The summed E-state index contributed by atoms with van der Waals surface area (Å²) in [5.74, 6) is -1.58. The van der Waals surface area contributed by atoms with Crippen molar-refractivity contribution in [2.24, 2.45) is 5.92 Å². The van der Waals surface area contributed by atoms with E-state index in [1.54, 1.807) is 0 Å². The first-order valence-corrected chi connectivity index (χ1v) is 2.02. The Morgan fingerprint density at radius 2 is 2.29 bits per heavy atom. The number of carboxylic acid groups (broad SMARTS) is 1. The number of aliphatic hydroxyl groups is 1.